The molecule has 0 radical (unpaired) electrons. The van der Waals surface area contributed by atoms with Crippen LogP contribution in [-0.2, 0) is 4.79 Å². The number of hydrogen-bond donors (Lipinski definition) is 1. The van der Waals surface area contributed by atoms with Crippen molar-refractivity contribution in [3.05, 3.63) is 84.4 Å². The van der Waals surface area contributed by atoms with Gasteiger partial charge in [-0.15, -0.1) is 0 Å². The lowest BCUT2D eigenvalue weighted by Gasteiger charge is -2.23. The van der Waals surface area contributed by atoms with Crippen molar-refractivity contribution < 1.29 is 14.3 Å². The Kier molecular flexibility index (Phi) is 6.84. The number of hydrogen-bond acceptors (Lipinski definition) is 5. The molecule has 6 heteroatoms. The molecule has 1 amide bonds. The molecule has 0 saturated carbocycles. The zero-order chi connectivity index (χ0) is 20.5. The second-order valence-electron chi connectivity index (χ2n) is 6.11. The molecule has 0 saturated heterocycles. The molecule has 0 aliphatic rings. The smallest absolute Gasteiger partial charge is 0.269 e. The lowest BCUT2D eigenvalue weighted by atomic mass is 10.2. The molecule has 6 nitrogen and oxygen atoms in total. The van der Waals surface area contributed by atoms with Crippen molar-refractivity contribution in [2.24, 2.45) is 10.9 Å². The first kappa shape index (κ1) is 19.9. The van der Waals surface area contributed by atoms with E-state index in [4.69, 9.17) is 15.3 Å². The van der Waals surface area contributed by atoms with Crippen molar-refractivity contribution in [2.75, 3.05) is 18.1 Å². The van der Waals surface area contributed by atoms with Crippen LogP contribution in [-0.4, -0.2) is 25.3 Å². The highest BCUT2D eigenvalue weighted by Crippen LogP contribution is 2.29. The second kappa shape index (κ2) is 9.94. The highest BCUT2D eigenvalue weighted by molar-refractivity contribution is 6.01. The van der Waals surface area contributed by atoms with Crippen LogP contribution in [0.4, 0.5) is 11.4 Å². The average Bonchev–Trinajstić information content (AvgIpc) is 2.75. The molecular formula is C23H23N3O3. The third-order valence-electron chi connectivity index (χ3n) is 4.12. The number of hydrazone groups is 1. The molecule has 0 heterocycles. The van der Waals surface area contributed by atoms with Crippen molar-refractivity contribution in [3.63, 3.8) is 0 Å². The monoisotopic (exact) mass is 389 g/mol. The Hall–Kier alpha value is -3.80. The predicted octanol–water partition coefficient (Wildman–Crippen LogP) is 4.12. The van der Waals surface area contributed by atoms with Crippen LogP contribution in [0.2, 0.25) is 0 Å². The van der Waals surface area contributed by atoms with Gasteiger partial charge in [0.15, 0.2) is 18.1 Å². The van der Waals surface area contributed by atoms with E-state index in [9.17, 15) is 4.79 Å². The van der Waals surface area contributed by atoms with Gasteiger partial charge in [0, 0.05) is 11.4 Å². The number of carbonyl (C=O) groups is 1. The highest BCUT2D eigenvalue weighted by atomic mass is 16.5. The zero-order valence-electron chi connectivity index (χ0n) is 16.2. The van der Waals surface area contributed by atoms with Crippen LogP contribution < -0.4 is 20.2 Å². The van der Waals surface area contributed by atoms with Gasteiger partial charge in [-0.2, -0.15) is 5.10 Å². The standard InChI is InChI=1S/C23H23N3O3/c1-2-28-22-15-18(16-25-24)13-14-21(22)29-17-23(27)26(19-9-5-3-6-10-19)20-11-7-4-8-12-20/h3-16H,2,17,24H2,1H3. The highest BCUT2D eigenvalue weighted by Gasteiger charge is 2.19. The van der Waals surface area contributed by atoms with E-state index in [-0.39, 0.29) is 12.5 Å². The fourth-order valence-electron chi connectivity index (χ4n) is 2.87. The summed E-state index contributed by atoms with van der Waals surface area (Å²) in [5.74, 6) is 6.03. The third kappa shape index (κ3) is 5.13. The van der Waals surface area contributed by atoms with Crippen LogP contribution in [0, 0.1) is 0 Å². The number of amides is 1. The minimum Gasteiger partial charge on any atom is -0.490 e. The first-order chi connectivity index (χ1) is 14.2. The van der Waals surface area contributed by atoms with Gasteiger partial charge >= 0.3 is 0 Å². The van der Waals surface area contributed by atoms with Crippen LogP contribution in [0.25, 0.3) is 0 Å². The van der Waals surface area contributed by atoms with E-state index in [2.05, 4.69) is 5.10 Å². The van der Waals surface area contributed by atoms with E-state index >= 15 is 0 Å². The molecule has 0 fully saturated rings. The minimum absolute atomic E-state index is 0.145. The first-order valence-electron chi connectivity index (χ1n) is 9.29. The predicted molar refractivity (Wildman–Crippen MR) is 115 cm³/mol. The van der Waals surface area contributed by atoms with E-state index < -0.39 is 0 Å². The van der Waals surface area contributed by atoms with Crippen molar-refractivity contribution in [3.8, 4) is 11.5 Å². The summed E-state index contributed by atoms with van der Waals surface area (Å²) in [6.45, 7) is 2.20. The topological polar surface area (TPSA) is 77.1 Å². The molecular weight excluding hydrogens is 366 g/mol. The molecule has 0 atom stereocenters. The Morgan fingerprint density at radius 3 is 2.10 bits per heavy atom. The van der Waals surface area contributed by atoms with Gasteiger partial charge in [0.1, 0.15) is 0 Å². The van der Waals surface area contributed by atoms with E-state index in [0.29, 0.717) is 18.1 Å². The molecule has 0 spiro atoms. The number of anilines is 2. The van der Waals surface area contributed by atoms with Crippen molar-refractivity contribution in [1.29, 1.82) is 0 Å². The maximum absolute atomic E-state index is 13.1. The lowest BCUT2D eigenvalue weighted by molar-refractivity contribution is -0.119. The molecule has 29 heavy (non-hydrogen) atoms. The quantitative estimate of drug-likeness (QED) is 0.357. The molecule has 3 aromatic carbocycles. The van der Waals surface area contributed by atoms with E-state index in [1.54, 1.807) is 23.1 Å². The minimum atomic E-state index is -0.197. The summed E-state index contributed by atoms with van der Waals surface area (Å²) in [5, 5.41) is 3.52. The number of nitrogens with two attached hydrogens (primary N) is 1. The number of benzene rings is 3. The number of rotatable bonds is 8. The summed E-state index contributed by atoms with van der Waals surface area (Å²) >= 11 is 0. The molecule has 0 bridgehead atoms. The molecule has 148 valence electrons. The fourth-order valence-corrected chi connectivity index (χ4v) is 2.87. The van der Waals surface area contributed by atoms with Crippen LogP contribution in [0.5, 0.6) is 11.5 Å². The summed E-state index contributed by atoms with van der Waals surface area (Å²) in [6.07, 6.45) is 1.52. The summed E-state index contributed by atoms with van der Waals surface area (Å²) < 4.78 is 11.5. The third-order valence-corrected chi connectivity index (χ3v) is 4.12. The number of para-hydroxylation sites is 2. The maximum atomic E-state index is 13.1. The van der Waals surface area contributed by atoms with Gasteiger partial charge in [-0.1, -0.05) is 36.4 Å². The SMILES string of the molecule is CCOc1cc(C=NN)ccc1OCC(=O)N(c1ccccc1)c1ccccc1. The largest absolute Gasteiger partial charge is 0.490 e. The number of nitrogens with zero attached hydrogens (tertiary/aromatic N) is 2. The van der Waals surface area contributed by atoms with E-state index in [1.165, 1.54) is 6.21 Å². The van der Waals surface area contributed by atoms with Gasteiger partial charge in [-0.25, -0.2) is 0 Å². The molecule has 2 N–H and O–H groups in total. The van der Waals surface area contributed by atoms with Gasteiger partial charge < -0.3 is 15.3 Å². The molecule has 0 aliphatic heterocycles. The number of carbonyl (C=O) groups excluding carboxylic acids is 1. The lowest BCUT2D eigenvalue weighted by Crippen LogP contribution is -2.31. The van der Waals surface area contributed by atoms with Crippen LogP contribution >= 0.6 is 0 Å². The molecule has 3 aromatic rings. The van der Waals surface area contributed by atoms with Gasteiger partial charge in [0.2, 0.25) is 0 Å². The van der Waals surface area contributed by atoms with Crippen LogP contribution in [0.1, 0.15) is 12.5 Å². The average molecular weight is 389 g/mol. The van der Waals surface area contributed by atoms with Crippen molar-refractivity contribution in [1.82, 2.24) is 0 Å². The maximum Gasteiger partial charge on any atom is 0.269 e. The Bertz CT molecular complexity index is 920. The van der Waals surface area contributed by atoms with Gasteiger partial charge in [0.25, 0.3) is 5.91 Å². The second-order valence-corrected chi connectivity index (χ2v) is 6.11. The van der Waals surface area contributed by atoms with Crippen molar-refractivity contribution >= 4 is 23.5 Å². The summed E-state index contributed by atoms with van der Waals surface area (Å²) in [7, 11) is 0. The van der Waals surface area contributed by atoms with Crippen molar-refractivity contribution in [2.45, 2.75) is 6.92 Å². The normalized spacial score (nSPS) is 10.7. The fraction of sp³-hybridized carbons (Fsp3) is 0.130. The van der Waals surface area contributed by atoms with Gasteiger partial charge in [-0.3, -0.25) is 9.69 Å². The van der Waals surface area contributed by atoms with E-state index in [1.807, 2.05) is 67.6 Å². The molecule has 3 rings (SSSR count). The summed E-state index contributed by atoms with van der Waals surface area (Å²) in [6, 6.07) is 24.2. The van der Waals surface area contributed by atoms with Gasteiger partial charge in [-0.05, 0) is 55.0 Å². The van der Waals surface area contributed by atoms with Crippen LogP contribution in [0.3, 0.4) is 0 Å². The number of ether oxygens (including phenoxy) is 2. The molecule has 0 unspecified atom stereocenters. The molecule has 0 aliphatic carbocycles. The van der Waals surface area contributed by atoms with Gasteiger partial charge in [0.05, 0.1) is 12.8 Å². The Morgan fingerprint density at radius 2 is 1.55 bits per heavy atom. The zero-order valence-corrected chi connectivity index (χ0v) is 16.2. The Labute approximate surface area is 170 Å². The Balaban J connectivity index is 1.82. The van der Waals surface area contributed by atoms with E-state index in [0.717, 1.165) is 16.9 Å². The summed E-state index contributed by atoms with van der Waals surface area (Å²) in [4.78, 5) is 14.7. The first-order valence-corrected chi connectivity index (χ1v) is 9.29. The summed E-state index contributed by atoms with van der Waals surface area (Å²) in [5.41, 5.74) is 2.32. The van der Waals surface area contributed by atoms with Crippen LogP contribution in [0.15, 0.2) is 84.0 Å². The molecule has 0 aromatic heterocycles. The Morgan fingerprint density at radius 1 is 0.931 bits per heavy atom.